The van der Waals surface area contributed by atoms with Crippen LogP contribution in [-0.4, -0.2) is 22.7 Å². The van der Waals surface area contributed by atoms with E-state index in [2.05, 4.69) is 16.4 Å². The molecule has 0 fully saturated rings. The van der Waals surface area contributed by atoms with Crippen LogP contribution in [0.4, 0.5) is 0 Å². The monoisotopic (exact) mass is 219 g/mol. The average molecular weight is 219 g/mol. The minimum absolute atomic E-state index is 0.159. The van der Waals surface area contributed by atoms with Crippen molar-refractivity contribution in [3.05, 3.63) is 29.6 Å². The summed E-state index contributed by atoms with van der Waals surface area (Å²) in [4.78, 5) is 3.99. The lowest BCUT2D eigenvalue weighted by molar-refractivity contribution is 0.207. The second-order valence-corrected chi connectivity index (χ2v) is 3.95. The van der Waals surface area contributed by atoms with Gasteiger partial charge in [0, 0.05) is 31.0 Å². The van der Waals surface area contributed by atoms with E-state index in [0.717, 1.165) is 5.56 Å². The standard InChI is InChI=1S/C12H17N3O/c1-9(8-16)10(2)15-7-11-4-3-5-14-12(11)6-13/h3-5,9-10,15-16H,7-8H2,1-2H3. The first-order valence-electron chi connectivity index (χ1n) is 5.37. The largest absolute Gasteiger partial charge is 0.396 e. The molecule has 0 aliphatic carbocycles. The predicted molar refractivity (Wildman–Crippen MR) is 61.5 cm³/mol. The molecule has 2 N–H and O–H groups in total. The number of aromatic nitrogens is 1. The second-order valence-electron chi connectivity index (χ2n) is 3.95. The number of hydrogen-bond acceptors (Lipinski definition) is 4. The van der Waals surface area contributed by atoms with Crippen LogP contribution in [-0.2, 0) is 6.54 Å². The Morgan fingerprint density at radius 3 is 2.94 bits per heavy atom. The number of hydrogen-bond donors (Lipinski definition) is 2. The molecule has 1 aromatic rings. The van der Waals surface area contributed by atoms with Crippen molar-refractivity contribution in [2.24, 2.45) is 5.92 Å². The molecule has 0 saturated heterocycles. The zero-order valence-corrected chi connectivity index (χ0v) is 9.64. The molecule has 1 aromatic heterocycles. The molecule has 0 spiro atoms. The molecule has 16 heavy (non-hydrogen) atoms. The Bertz CT molecular complexity index is 373. The van der Waals surface area contributed by atoms with Gasteiger partial charge in [-0.05, 0) is 18.9 Å². The molecule has 0 aromatic carbocycles. The Balaban J connectivity index is 2.58. The first-order valence-corrected chi connectivity index (χ1v) is 5.37. The van der Waals surface area contributed by atoms with Gasteiger partial charge < -0.3 is 10.4 Å². The maximum atomic E-state index is 9.00. The predicted octanol–water partition coefficient (Wildman–Crippen LogP) is 1.06. The van der Waals surface area contributed by atoms with Gasteiger partial charge in [-0.15, -0.1) is 0 Å². The lowest BCUT2D eigenvalue weighted by atomic mass is 10.0. The third-order valence-electron chi connectivity index (χ3n) is 2.75. The fourth-order valence-corrected chi connectivity index (χ4v) is 1.31. The van der Waals surface area contributed by atoms with Crippen LogP contribution in [0.15, 0.2) is 18.3 Å². The summed E-state index contributed by atoms with van der Waals surface area (Å²) in [5, 5.41) is 21.1. The molecule has 4 nitrogen and oxygen atoms in total. The molecule has 4 heteroatoms. The molecular weight excluding hydrogens is 202 g/mol. The maximum absolute atomic E-state index is 9.00. The van der Waals surface area contributed by atoms with Crippen molar-refractivity contribution in [2.75, 3.05) is 6.61 Å². The molecule has 1 rings (SSSR count). The first-order chi connectivity index (χ1) is 7.69. The van der Waals surface area contributed by atoms with Crippen LogP contribution in [0, 0.1) is 17.2 Å². The van der Waals surface area contributed by atoms with Crippen LogP contribution in [0.25, 0.3) is 0 Å². The van der Waals surface area contributed by atoms with Crippen molar-refractivity contribution in [1.29, 1.82) is 5.26 Å². The molecular formula is C12H17N3O. The average Bonchev–Trinajstić information content (AvgIpc) is 2.35. The summed E-state index contributed by atoms with van der Waals surface area (Å²) in [5.41, 5.74) is 1.35. The van der Waals surface area contributed by atoms with Crippen LogP contribution in [0.3, 0.4) is 0 Å². The molecule has 0 radical (unpaired) electrons. The molecule has 0 aliphatic rings. The summed E-state index contributed by atoms with van der Waals surface area (Å²) in [6.07, 6.45) is 1.61. The number of aliphatic hydroxyl groups excluding tert-OH is 1. The summed E-state index contributed by atoms with van der Waals surface area (Å²) in [6.45, 7) is 4.75. The van der Waals surface area contributed by atoms with Gasteiger partial charge in [0.15, 0.2) is 0 Å². The number of rotatable bonds is 5. The lowest BCUT2D eigenvalue weighted by Crippen LogP contribution is -2.33. The molecule has 1 heterocycles. The molecule has 0 amide bonds. The second kappa shape index (κ2) is 6.21. The molecule has 0 bridgehead atoms. The molecule has 86 valence electrons. The number of pyridine rings is 1. The highest BCUT2D eigenvalue weighted by Gasteiger charge is 2.11. The number of nitrogens with zero attached hydrogens (tertiary/aromatic N) is 2. The molecule has 2 unspecified atom stereocenters. The van der Waals surface area contributed by atoms with Crippen molar-refractivity contribution >= 4 is 0 Å². The van der Waals surface area contributed by atoms with Crippen molar-refractivity contribution in [2.45, 2.75) is 26.4 Å². The van der Waals surface area contributed by atoms with E-state index in [9.17, 15) is 0 Å². The number of aliphatic hydroxyl groups is 1. The summed E-state index contributed by atoms with van der Waals surface area (Å²) < 4.78 is 0. The lowest BCUT2D eigenvalue weighted by Gasteiger charge is -2.19. The van der Waals surface area contributed by atoms with Gasteiger partial charge in [-0.1, -0.05) is 13.0 Å². The topological polar surface area (TPSA) is 68.9 Å². The van der Waals surface area contributed by atoms with E-state index in [1.807, 2.05) is 26.0 Å². The Morgan fingerprint density at radius 1 is 1.56 bits per heavy atom. The zero-order chi connectivity index (χ0) is 12.0. The Labute approximate surface area is 95.9 Å². The quantitative estimate of drug-likeness (QED) is 0.777. The van der Waals surface area contributed by atoms with Crippen molar-refractivity contribution in [1.82, 2.24) is 10.3 Å². The van der Waals surface area contributed by atoms with Gasteiger partial charge in [-0.25, -0.2) is 4.98 Å². The third-order valence-corrected chi connectivity index (χ3v) is 2.75. The highest BCUT2D eigenvalue weighted by molar-refractivity contribution is 5.30. The third kappa shape index (κ3) is 3.30. The van der Waals surface area contributed by atoms with E-state index < -0.39 is 0 Å². The summed E-state index contributed by atoms with van der Waals surface area (Å²) in [7, 11) is 0. The maximum Gasteiger partial charge on any atom is 0.144 e. The van der Waals surface area contributed by atoms with Crippen molar-refractivity contribution < 1.29 is 5.11 Å². The summed E-state index contributed by atoms with van der Waals surface area (Å²) in [6, 6.07) is 5.97. The van der Waals surface area contributed by atoms with E-state index in [1.165, 1.54) is 0 Å². The fraction of sp³-hybridized carbons (Fsp3) is 0.500. The first kappa shape index (κ1) is 12.6. The summed E-state index contributed by atoms with van der Waals surface area (Å²) in [5.74, 6) is 0.196. The van der Waals surface area contributed by atoms with E-state index in [-0.39, 0.29) is 18.6 Å². The van der Waals surface area contributed by atoms with Gasteiger partial charge in [0.2, 0.25) is 0 Å². The van der Waals surface area contributed by atoms with E-state index >= 15 is 0 Å². The minimum Gasteiger partial charge on any atom is -0.396 e. The normalized spacial score (nSPS) is 14.1. The van der Waals surface area contributed by atoms with Gasteiger partial charge >= 0.3 is 0 Å². The Hall–Kier alpha value is -1.44. The number of nitrogens with one attached hydrogen (secondary N) is 1. The number of nitriles is 1. The van der Waals surface area contributed by atoms with E-state index in [4.69, 9.17) is 10.4 Å². The fourth-order valence-electron chi connectivity index (χ4n) is 1.31. The Morgan fingerprint density at radius 2 is 2.31 bits per heavy atom. The molecule has 0 aliphatic heterocycles. The van der Waals surface area contributed by atoms with Crippen LogP contribution < -0.4 is 5.32 Å². The van der Waals surface area contributed by atoms with Gasteiger partial charge in [0.1, 0.15) is 11.8 Å². The van der Waals surface area contributed by atoms with Crippen molar-refractivity contribution in [3.8, 4) is 6.07 Å². The van der Waals surface area contributed by atoms with Gasteiger partial charge in [-0.2, -0.15) is 5.26 Å². The van der Waals surface area contributed by atoms with E-state index in [1.54, 1.807) is 6.20 Å². The zero-order valence-electron chi connectivity index (χ0n) is 9.64. The van der Waals surface area contributed by atoms with Crippen molar-refractivity contribution in [3.63, 3.8) is 0 Å². The molecule has 0 saturated carbocycles. The highest BCUT2D eigenvalue weighted by Crippen LogP contribution is 2.06. The van der Waals surface area contributed by atoms with Crippen LogP contribution in [0.1, 0.15) is 25.1 Å². The van der Waals surface area contributed by atoms with Crippen LogP contribution >= 0.6 is 0 Å². The van der Waals surface area contributed by atoms with Gasteiger partial charge in [0.05, 0.1) is 0 Å². The van der Waals surface area contributed by atoms with Gasteiger partial charge in [0.25, 0.3) is 0 Å². The van der Waals surface area contributed by atoms with E-state index in [0.29, 0.717) is 12.2 Å². The van der Waals surface area contributed by atoms with Crippen LogP contribution in [0.2, 0.25) is 0 Å². The van der Waals surface area contributed by atoms with Gasteiger partial charge in [-0.3, -0.25) is 0 Å². The molecule has 2 atom stereocenters. The Kier molecular flexibility index (Phi) is 4.90. The highest BCUT2D eigenvalue weighted by atomic mass is 16.3. The van der Waals surface area contributed by atoms with Crippen LogP contribution in [0.5, 0.6) is 0 Å². The smallest absolute Gasteiger partial charge is 0.144 e. The summed E-state index contributed by atoms with van der Waals surface area (Å²) >= 11 is 0. The SMILES string of the molecule is CC(CO)C(C)NCc1cccnc1C#N. The minimum atomic E-state index is 0.159.